The molecule has 0 spiro atoms. The molecule has 1 aliphatic rings. The van der Waals surface area contributed by atoms with Crippen LogP contribution in [0.15, 0.2) is 18.2 Å². The summed E-state index contributed by atoms with van der Waals surface area (Å²) in [6.07, 6.45) is 0. The number of piperazine rings is 1. The number of carbonyl (C=O) groups is 1. The molecule has 0 unspecified atom stereocenters. The van der Waals surface area contributed by atoms with Crippen LogP contribution >= 0.6 is 15.9 Å². The van der Waals surface area contributed by atoms with Crippen LogP contribution in [0, 0.1) is 13.8 Å². The van der Waals surface area contributed by atoms with Crippen molar-refractivity contribution in [3.8, 4) is 0 Å². The summed E-state index contributed by atoms with van der Waals surface area (Å²) < 4.78 is 0. The summed E-state index contributed by atoms with van der Waals surface area (Å²) >= 11 is 3.46. The number of nitrogens with zero attached hydrogens (tertiary/aromatic N) is 2. The van der Waals surface area contributed by atoms with Crippen molar-refractivity contribution >= 4 is 21.8 Å². The van der Waals surface area contributed by atoms with Crippen LogP contribution < -0.4 is 0 Å². The zero-order valence-electron chi connectivity index (χ0n) is 11.7. The van der Waals surface area contributed by atoms with Gasteiger partial charge in [-0.05, 0) is 37.1 Å². The fourth-order valence-corrected chi connectivity index (χ4v) is 2.85. The standard InChI is InChI=1S/C15H21BrN2O/c1-12-3-4-14(11-13(12)2)15(19)18-9-7-17(6-5-16)8-10-18/h3-4,11H,5-10H2,1-2H3. The lowest BCUT2D eigenvalue weighted by atomic mass is 10.1. The zero-order valence-corrected chi connectivity index (χ0v) is 13.2. The molecule has 0 N–H and O–H groups in total. The number of amides is 1. The van der Waals surface area contributed by atoms with Crippen LogP contribution in [0.2, 0.25) is 0 Å². The van der Waals surface area contributed by atoms with Gasteiger partial charge in [-0.25, -0.2) is 0 Å². The van der Waals surface area contributed by atoms with Crippen molar-refractivity contribution in [2.45, 2.75) is 13.8 Å². The van der Waals surface area contributed by atoms with Gasteiger partial charge >= 0.3 is 0 Å². The molecule has 1 heterocycles. The second kappa shape index (κ2) is 6.53. The van der Waals surface area contributed by atoms with E-state index in [0.717, 1.165) is 43.6 Å². The molecular formula is C15H21BrN2O. The van der Waals surface area contributed by atoms with Gasteiger partial charge in [0.15, 0.2) is 0 Å². The first kappa shape index (κ1) is 14.5. The lowest BCUT2D eigenvalue weighted by Gasteiger charge is -2.34. The van der Waals surface area contributed by atoms with Crippen molar-refractivity contribution in [1.82, 2.24) is 9.80 Å². The molecule has 1 aliphatic heterocycles. The minimum Gasteiger partial charge on any atom is -0.336 e. The van der Waals surface area contributed by atoms with Gasteiger partial charge in [0.05, 0.1) is 0 Å². The van der Waals surface area contributed by atoms with Gasteiger partial charge in [-0.3, -0.25) is 9.69 Å². The molecule has 0 aliphatic carbocycles. The van der Waals surface area contributed by atoms with Crippen molar-refractivity contribution in [1.29, 1.82) is 0 Å². The van der Waals surface area contributed by atoms with E-state index in [-0.39, 0.29) is 5.91 Å². The predicted molar refractivity (Wildman–Crippen MR) is 82.1 cm³/mol. The summed E-state index contributed by atoms with van der Waals surface area (Å²) in [6, 6.07) is 5.97. The molecule has 0 saturated carbocycles. The average molecular weight is 325 g/mol. The molecule has 3 nitrogen and oxygen atoms in total. The molecule has 19 heavy (non-hydrogen) atoms. The van der Waals surface area contributed by atoms with Crippen molar-refractivity contribution < 1.29 is 4.79 Å². The molecule has 0 bridgehead atoms. The normalized spacial score (nSPS) is 16.7. The molecule has 0 atom stereocenters. The van der Waals surface area contributed by atoms with Crippen molar-refractivity contribution in [3.63, 3.8) is 0 Å². The highest BCUT2D eigenvalue weighted by Crippen LogP contribution is 2.13. The van der Waals surface area contributed by atoms with Crippen LogP contribution in [0.5, 0.6) is 0 Å². The Morgan fingerprint density at radius 3 is 2.42 bits per heavy atom. The van der Waals surface area contributed by atoms with Crippen LogP contribution in [-0.4, -0.2) is 53.8 Å². The number of hydrogen-bond acceptors (Lipinski definition) is 2. The van der Waals surface area contributed by atoms with E-state index in [9.17, 15) is 4.79 Å². The summed E-state index contributed by atoms with van der Waals surface area (Å²) in [4.78, 5) is 16.8. The summed E-state index contributed by atoms with van der Waals surface area (Å²) in [5, 5.41) is 0.998. The monoisotopic (exact) mass is 324 g/mol. The van der Waals surface area contributed by atoms with Gasteiger partial charge in [-0.2, -0.15) is 0 Å². The molecule has 1 aromatic rings. The highest BCUT2D eigenvalue weighted by molar-refractivity contribution is 9.09. The number of carbonyl (C=O) groups excluding carboxylic acids is 1. The smallest absolute Gasteiger partial charge is 0.253 e. The Hall–Kier alpha value is -0.870. The predicted octanol–water partition coefficient (Wildman–Crippen LogP) is 2.46. The fourth-order valence-electron chi connectivity index (χ4n) is 2.35. The molecule has 1 saturated heterocycles. The third-order valence-corrected chi connectivity index (χ3v) is 4.17. The Bertz CT molecular complexity index is 453. The summed E-state index contributed by atoms with van der Waals surface area (Å²) in [7, 11) is 0. The SMILES string of the molecule is Cc1ccc(C(=O)N2CCN(CCBr)CC2)cc1C. The van der Waals surface area contributed by atoms with Gasteiger partial charge in [0.2, 0.25) is 0 Å². The van der Waals surface area contributed by atoms with Crippen LogP contribution in [0.1, 0.15) is 21.5 Å². The molecule has 1 amide bonds. The van der Waals surface area contributed by atoms with Crippen LogP contribution in [0.4, 0.5) is 0 Å². The Morgan fingerprint density at radius 1 is 1.16 bits per heavy atom. The van der Waals surface area contributed by atoms with E-state index in [1.165, 1.54) is 11.1 Å². The highest BCUT2D eigenvalue weighted by atomic mass is 79.9. The van der Waals surface area contributed by atoms with Gasteiger partial charge in [-0.15, -0.1) is 0 Å². The van der Waals surface area contributed by atoms with Crippen molar-refractivity contribution in [2.24, 2.45) is 0 Å². The number of benzene rings is 1. The number of aryl methyl sites for hydroxylation is 2. The number of halogens is 1. The number of rotatable bonds is 3. The topological polar surface area (TPSA) is 23.6 Å². The summed E-state index contributed by atoms with van der Waals surface area (Å²) in [5.41, 5.74) is 3.24. The van der Waals surface area contributed by atoms with Gasteiger partial charge < -0.3 is 4.90 Å². The fraction of sp³-hybridized carbons (Fsp3) is 0.533. The Morgan fingerprint density at radius 2 is 1.84 bits per heavy atom. The van der Waals surface area contributed by atoms with E-state index in [4.69, 9.17) is 0 Å². The first-order valence-corrected chi connectivity index (χ1v) is 7.89. The van der Waals surface area contributed by atoms with Gasteiger partial charge in [0.1, 0.15) is 0 Å². The molecular weight excluding hydrogens is 304 g/mol. The van der Waals surface area contributed by atoms with E-state index >= 15 is 0 Å². The Balaban J connectivity index is 1.99. The summed E-state index contributed by atoms with van der Waals surface area (Å²) in [5.74, 6) is 0.168. The maximum atomic E-state index is 12.4. The Kier molecular flexibility index (Phi) is 4.99. The van der Waals surface area contributed by atoms with Gasteiger partial charge in [0, 0.05) is 43.6 Å². The first-order chi connectivity index (χ1) is 9.11. The van der Waals surface area contributed by atoms with E-state index in [1.54, 1.807) is 0 Å². The molecule has 1 aromatic carbocycles. The molecule has 104 valence electrons. The van der Waals surface area contributed by atoms with Crippen molar-refractivity contribution in [2.75, 3.05) is 38.1 Å². The van der Waals surface area contributed by atoms with E-state index < -0.39 is 0 Å². The molecule has 4 heteroatoms. The van der Waals surface area contributed by atoms with Gasteiger partial charge in [0.25, 0.3) is 5.91 Å². The minimum atomic E-state index is 0.168. The molecule has 1 fully saturated rings. The second-order valence-electron chi connectivity index (χ2n) is 5.12. The lowest BCUT2D eigenvalue weighted by Crippen LogP contribution is -2.49. The van der Waals surface area contributed by atoms with Gasteiger partial charge in [-0.1, -0.05) is 22.0 Å². The maximum Gasteiger partial charge on any atom is 0.253 e. The van der Waals surface area contributed by atoms with E-state index in [2.05, 4.69) is 34.7 Å². The highest BCUT2D eigenvalue weighted by Gasteiger charge is 2.21. The second-order valence-corrected chi connectivity index (χ2v) is 5.91. The van der Waals surface area contributed by atoms with Crippen LogP contribution in [0.3, 0.4) is 0 Å². The van der Waals surface area contributed by atoms with Crippen molar-refractivity contribution in [3.05, 3.63) is 34.9 Å². The van der Waals surface area contributed by atoms with Crippen LogP contribution in [-0.2, 0) is 0 Å². The Labute approximate surface area is 123 Å². The van der Waals surface area contributed by atoms with E-state index in [1.807, 2.05) is 23.1 Å². The third kappa shape index (κ3) is 3.57. The average Bonchev–Trinajstić information content (AvgIpc) is 2.42. The number of hydrogen-bond donors (Lipinski definition) is 0. The summed E-state index contributed by atoms with van der Waals surface area (Å²) in [6.45, 7) is 8.80. The maximum absolute atomic E-state index is 12.4. The lowest BCUT2D eigenvalue weighted by molar-refractivity contribution is 0.0645. The van der Waals surface area contributed by atoms with Crippen LogP contribution in [0.25, 0.3) is 0 Å². The zero-order chi connectivity index (χ0) is 13.8. The first-order valence-electron chi connectivity index (χ1n) is 6.76. The third-order valence-electron chi connectivity index (χ3n) is 3.81. The molecule has 2 rings (SSSR count). The molecule has 0 aromatic heterocycles. The molecule has 0 radical (unpaired) electrons. The van der Waals surface area contributed by atoms with E-state index in [0.29, 0.717) is 0 Å². The quantitative estimate of drug-likeness (QED) is 0.797. The minimum absolute atomic E-state index is 0.168. The number of alkyl halides is 1. The largest absolute Gasteiger partial charge is 0.336 e.